The number of nitrogens with one attached hydrogen (secondary N) is 2. The zero-order chi connectivity index (χ0) is 22.1. The van der Waals surface area contributed by atoms with Gasteiger partial charge in [-0.15, -0.1) is 0 Å². The number of nitrogens with zero attached hydrogens (tertiary/aromatic N) is 2. The lowest BCUT2D eigenvalue weighted by Gasteiger charge is -2.36. The lowest BCUT2D eigenvalue weighted by Crippen LogP contribution is -2.47. The zero-order valence-electron chi connectivity index (χ0n) is 18.4. The van der Waals surface area contributed by atoms with E-state index in [1.54, 1.807) is 7.11 Å². The van der Waals surface area contributed by atoms with Crippen LogP contribution in [0, 0.1) is 0 Å². The molecule has 0 radical (unpaired) electrons. The van der Waals surface area contributed by atoms with Crippen LogP contribution in [-0.2, 0) is 16.0 Å². The van der Waals surface area contributed by atoms with E-state index in [0.717, 1.165) is 56.9 Å². The molecule has 2 aromatic rings. The first kappa shape index (κ1) is 22.6. The smallest absolute Gasteiger partial charge is 0.313 e. The van der Waals surface area contributed by atoms with E-state index in [9.17, 15) is 9.59 Å². The molecule has 1 saturated heterocycles. The molecule has 166 valence electrons. The van der Waals surface area contributed by atoms with Crippen molar-refractivity contribution in [2.75, 3.05) is 56.6 Å². The maximum atomic E-state index is 12.1. The van der Waals surface area contributed by atoms with Crippen LogP contribution in [0.2, 0.25) is 0 Å². The highest BCUT2D eigenvalue weighted by Gasteiger charge is 2.18. The molecule has 1 aliphatic rings. The summed E-state index contributed by atoms with van der Waals surface area (Å²) in [6.45, 7) is 7.30. The van der Waals surface area contributed by atoms with E-state index < -0.39 is 11.8 Å². The van der Waals surface area contributed by atoms with Crippen molar-refractivity contribution in [2.24, 2.45) is 0 Å². The van der Waals surface area contributed by atoms with Gasteiger partial charge in [0, 0.05) is 44.1 Å². The van der Waals surface area contributed by atoms with E-state index >= 15 is 0 Å². The van der Waals surface area contributed by atoms with Gasteiger partial charge in [-0.1, -0.05) is 25.1 Å². The second kappa shape index (κ2) is 11.4. The third-order valence-corrected chi connectivity index (χ3v) is 5.60. The minimum atomic E-state index is -0.617. The molecular formula is C24H32N4O3. The van der Waals surface area contributed by atoms with Crippen molar-refractivity contribution in [3.63, 3.8) is 0 Å². The van der Waals surface area contributed by atoms with Gasteiger partial charge in [0.25, 0.3) is 0 Å². The van der Waals surface area contributed by atoms with Crippen molar-refractivity contribution < 1.29 is 14.3 Å². The van der Waals surface area contributed by atoms with Crippen LogP contribution >= 0.6 is 0 Å². The Balaban J connectivity index is 1.33. The van der Waals surface area contributed by atoms with E-state index in [4.69, 9.17) is 4.74 Å². The number of ether oxygens (including phenoxy) is 1. The Bertz CT molecular complexity index is 861. The molecule has 1 fully saturated rings. The first-order chi connectivity index (χ1) is 15.1. The number of carbonyl (C=O) groups excluding carboxylic acids is 2. The van der Waals surface area contributed by atoms with Gasteiger partial charge in [-0.3, -0.25) is 14.5 Å². The summed E-state index contributed by atoms with van der Waals surface area (Å²) in [6.07, 6.45) is 1.61. The second-order valence-corrected chi connectivity index (χ2v) is 7.60. The predicted molar refractivity (Wildman–Crippen MR) is 124 cm³/mol. The van der Waals surface area contributed by atoms with Crippen LogP contribution in [0.1, 0.15) is 18.9 Å². The number of methoxy groups -OCH3 is 1. The number of piperazine rings is 1. The quantitative estimate of drug-likeness (QED) is 0.503. The molecule has 31 heavy (non-hydrogen) atoms. The average Bonchev–Trinajstić information content (AvgIpc) is 2.82. The van der Waals surface area contributed by atoms with Gasteiger partial charge in [-0.2, -0.15) is 0 Å². The van der Waals surface area contributed by atoms with Crippen LogP contribution in [-0.4, -0.2) is 63.1 Å². The summed E-state index contributed by atoms with van der Waals surface area (Å²) in [6, 6.07) is 15.7. The summed E-state index contributed by atoms with van der Waals surface area (Å²) in [4.78, 5) is 29.0. The summed E-state index contributed by atoms with van der Waals surface area (Å²) < 4.78 is 5.22. The standard InChI is InChI=1S/C24H32N4O3/c1-3-19-7-4-5-8-22(19)26-24(30)23(29)25-13-6-14-27-15-17-28(18-16-27)20-9-11-21(31-2)12-10-20/h4-5,7-12H,3,6,13-18H2,1-2H3,(H,25,29)(H,26,30). The average molecular weight is 425 g/mol. The third kappa shape index (κ3) is 6.46. The number of hydrogen-bond donors (Lipinski definition) is 2. The van der Waals surface area contributed by atoms with Gasteiger partial charge in [0.2, 0.25) is 0 Å². The molecular weight excluding hydrogens is 392 g/mol. The molecule has 0 atom stereocenters. The fourth-order valence-electron chi connectivity index (χ4n) is 3.74. The van der Waals surface area contributed by atoms with Gasteiger partial charge in [0.1, 0.15) is 5.75 Å². The van der Waals surface area contributed by atoms with Crippen molar-refractivity contribution in [2.45, 2.75) is 19.8 Å². The van der Waals surface area contributed by atoms with Gasteiger partial charge in [0.05, 0.1) is 7.11 Å². The summed E-state index contributed by atoms with van der Waals surface area (Å²) in [5.74, 6) is -0.336. The molecule has 0 bridgehead atoms. The number of amides is 2. The Morgan fingerprint density at radius 2 is 1.68 bits per heavy atom. The van der Waals surface area contributed by atoms with Gasteiger partial charge < -0.3 is 20.3 Å². The Morgan fingerprint density at radius 3 is 2.35 bits per heavy atom. The van der Waals surface area contributed by atoms with E-state index in [-0.39, 0.29) is 0 Å². The van der Waals surface area contributed by atoms with Gasteiger partial charge in [0.15, 0.2) is 0 Å². The second-order valence-electron chi connectivity index (χ2n) is 7.60. The number of anilines is 2. The predicted octanol–water partition coefficient (Wildman–Crippen LogP) is 2.52. The minimum Gasteiger partial charge on any atom is -0.497 e. The van der Waals surface area contributed by atoms with Crippen molar-refractivity contribution >= 4 is 23.2 Å². The number of para-hydroxylation sites is 1. The summed E-state index contributed by atoms with van der Waals surface area (Å²) >= 11 is 0. The summed E-state index contributed by atoms with van der Waals surface area (Å²) in [7, 11) is 1.67. The Morgan fingerprint density at radius 1 is 0.968 bits per heavy atom. The molecule has 7 heteroatoms. The van der Waals surface area contributed by atoms with Crippen molar-refractivity contribution in [1.29, 1.82) is 0 Å². The highest BCUT2D eigenvalue weighted by atomic mass is 16.5. The molecule has 1 aliphatic heterocycles. The Labute approximate surface area is 184 Å². The lowest BCUT2D eigenvalue weighted by molar-refractivity contribution is -0.136. The maximum Gasteiger partial charge on any atom is 0.313 e. The van der Waals surface area contributed by atoms with E-state index in [2.05, 4.69) is 32.6 Å². The van der Waals surface area contributed by atoms with Gasteiger partial charge in [-0.25, -0.2) is 0 Å². The molecule has 1 heterocycles. The molecule has 2 aromatic carbocycles. The van der Waals surface area contributed by atoms with Gasteiger partial charge in [-0.05, 0) is 55.3 Å². The summed E-state index contributed by atoms with van der Waals surface area (Å²) in [5, 5.41) is 5.43. The van der Waals surface area contributed by atoms with Gasteiger partial charge >= 0.3 is 11.8 Å². The Hall–Kier alpha value is -3.06. The highest BCUT2D eigenvalue weighted by Crippen LogP contribution is 2.20. The first-order valence-electron chi connectivity index (χ1n) is 10.9. The molecule has 7 nitrogen and oxygen atoms in total. The topological polar surface area (TPSA) is 73.9 Å². The van der Waals surface area contributed by atoms with Crippen LogP contribution in [0.25, 0.3) is 0 Å². The normalized spacial score (nSPS) is 14.2. The van der Waals surface area contributed by atoms with Crippen molar-refractivity contribution in [3.05, 3.63) is 54.1 Å². The largest absolute Gasteiger partial charge is 0.497 e. The van der Waals surface area contributed by atoms with Crippen LogP contribution in [0.3, 0.4) is 0 Å². The van der Waals surface area contributed by atoms with Crippen LogP contribution in [0.5, 0.6) is 5.75 Å². The highest BCUT2D eigenvalue weighted by molar-refractivity contribution is 6.39. The van der Waals surface area contributed by atoms with E-state index in [0.29, 0.717) is 12.2 Å². The van der Waals surface area contributed by atoms with E-state index in [1.165, 1.54) is 5.69 Å². The zero-order valence-corrected chi connectivity index (χ0v) is 18.4. The molecule has 2 N–H and O–H groups in total. The van der Waals surface area contributed by atoms with Crippen LogP contribution in [0.15, 0.2) is 48.5 Å². The first-order valence-corrected chi connectivity index (χ1v) is 10.9. The summed E-state index contributed by atoms with van der Waals surface area (Å²) in [5.41, 5.74) is 2.92. The molecule has 0 spiro atoms. The van der Waals surface area contributed by atoms with Crippen LogP contribution in [0.4, 0.5) is 11.4 Å². The molecule has 3 rings (SSSR count). The maximum absolute atomic E-state index is 12.1. The van der Waals surface area contributed by atoms with Crippen molar-refractivity contribution in [1.82, 2.24) is 10.2 Å². The van der Waals surface area contributed by atoms with Crippen molar-refractivity contribution in [3.8, 4) is 5.75 Å². The number of hydrogen-bond acceptors (Lipinski definition) is 5. The third-order valence-electron chi connectivity index (χ3n) is 5.60. The molecule has 2 amide bonds. The monoisotopic (exact) mass is 424 g/mol. The number of carbonyl (C=O) groups is 2. The fraction of sp³-hybridized carbons (Fsp3) is 0.417. The molecule has 0 aromatic heterocycles. The lowest BCUT2D eigenvalue weighted by atomic mass is 10.1. The SMILES string of the molecule is CCc1ccccc1NC(=O)C(=O)NCCCN1CCN(c2ccc(OC)cc2)CC1. The van der Waals surface area contributed by atoms with E-state index in [1.807, 2.05) is 43.3 Å². The fourth-order valence-corrected chi connectivity index (χ4v) is 3.74. The molecule has 0 unspecified atom stereocenters. The van der Waals surface area contributed by atoms with Crippen LogP contribution < -0.4 is 20.3 Å². The number of rotatable bonds is 8. The Kier molecular flexibility index (Phi) is 8.29. The molecule has 0 aliphatic carbocycles. The minimum absolute atomic E-state index is 0.486. The molecule has 0 saturated carbocycles. The number of benzene rings is 2. The number of aryl methyl sites for hydroxylation is 1.